The fourth-order valence-electron chi connectivity index (χ4n) is 0.799. The van der Waals surface area contributed by atoms with Gasteiger partial charge in [0.15, 0.2) is 5.11 Å². The Labute approximate surface area is 77.9 Å². The summed E-state index contributed by atoms with van der Waals surface area (Å²) in [5, 5.41) is 5.80. The van der Waals surface area contributed by atoms with Crippen molar-refractivity contribution >= 4 is 23.7 Å². The van der Waals surface area contributed by atoms with Gasteiger partial charge in [-0.2, -0.15) is 0 Å². The summed E-state index contributed by atoms with van der Waals surface area (Å²) in [5.74, 6) is 0. The van der Waals surface area contributed by atoms with E-state index in [4.69, 9.17) is 5.73 Å². The molecule has 70 valence electrons. The van der Waals surface area contributed by atoms with E-state index in [-0.39, 0.29) is 0 Å². The molecule has 0 saturated carbocycles. The quantitative estimate of drug-likeness (QED) is 0.293. The smallest absolute Gasteiger partial charge is 0.207 e. The molecule has 0 bridgehead atoms. The molecule has 0 rings (SSSR count). The Morgan fingerprint density at radius 2 is 2.00 bits per heavy atom. The number of carbonyl (C=O) groups excluding carboxylic acids is 1. The monoisotopic (exact) mass is 189 g/mol. The summed E-state index contributed by atoms with van der Waals surface area (Å²) < 4.78 is 0. The second kappa shape index (κ2) is 8.26. The number of nitrogens with one attached hydrogen (secondary N) is 2. The molecule has 4 nitrogen and oxygen atoms in total. The number of unbranched alkanes of at least 4 members (excludes halogenated alkanes) is 2. The molecule has 0 saturated heterocycles. The van der Waals surface area contributed by atoms with Crippen molar-refractivity contribution in [3.63, 3.8) is 0 Å². The summed E-state index contributed by atoms with van der Waals surface area (Å²) in [7, 11) is 0. The van der Waals surface area contributed by atoms with Crippen molar-refractivity contribution < 1.29 is 4.79 Å². The molecule has 0 unspecified atom stereocenters. The molecule has 0 fully saturated rings. The van der Waals surface area contributed by atoms with E-state index in [0.29, 0.717) is 11.5 Å². The highest BCUT2D eigenvalue weighted by Crippen LogP contribution is 1.91. The third-order valence-electron chi connectivity index (χ3n) is 1.38. The zero-order valence-electron chi connectivity index (χ0n) is 7.01. The number of rotatable bonds is 7. The van der Waals surface area contributed by atoms with Crippen LogP contribution in [0.4, 0.5) is 0 Å². The predicted octanol–water partition coefficient (Wildman–Crippen LogP) is -0.264. The molecular weight excluding hydrogens is 174 g/mol. The lowest BCUT2D eigenvalue weighted by atomic mass is 10.2. The van der Waals surface area contributed by atoms with Crippen molar-refractivity contribution in [3.8, 4) is 0 Å². The molecule has 0 atom stereocenters. The van der Waals surface area contributed by atoms with Crippen molar-refractivity contribution in [1.82, 2.24) is 10.6 Å². The molecule has 0 aliphatic heterocycles. The van der Waals surface area contributed by atoms with Crippen LogP contribution in [0.15, 0.2) is 0 Å². The third kappa shape index (κ3) is 9.16. The highest BCUT2D eigenvalue weighted by atomic mass is 32.1. The van der Waals surface area contributed by atoms with Crippen LogP contribution in [0.1, 0.15) is 19.3 Å². The van der Waals surface area contributed by atoms with E-state index in [1.165, 1.54) is 0 Å². The second-order valence-electron chi connectivity index (χ2n) is 2.42. The van der Waals surface area contributed by atoms with E-state index < -0.39 is 0 Å². The number of thiocarbonyl (C=S) groups is 1. The molecular formula is C7H15N3OS. The fourth-order valence-corrected chi connectivity index (χ4v) is 0.901. The molecule has 0 aromatic carbocycles. The minimum Gasteiger partial charge on any atom is -0.376 e. The van der Waals surface area contributed by atoms with Crippen molar-refractivity contribution in [1.29, 1.82) is 0 Å². The van der Waals surface area contributed by atoms with Crippen LogP contribution in [0, 0.1) is 0 Å². The molecule has 0 spiro atoms. The highest BCUT2D eigenvalue weighted by molar-refractivity contribution is 7.80. The van der Waals surface area contributed by atoms with Gasteiger partial charge >= 0.3 is 0 Å². The van der Waals surface area contributed by atoms with Crippen molar-refractivity contribution in [2.75, 3.05) is 13.1 Å². The van der Waals surface area contributed by atoms with Crippen LogP contribution >= 0.6 is 12.2 Å². The predicted molar refractivity (Wildman–Crippen MR) is 52.7 cm³/mol. The molecule has 4 N–H and O–H groups in total. The first-order valence-corrected chi connectivity index (χ1v) is 4.38. The zero-order chi connectivity index (χ0) is 9.23. The summed E-state index contributed by atoms with van der Waals surface area (Å²) in [6, 6.07) is 0. The Hall–Kier alpha value is -0.840. The van der Waals surface area contributed by atoms with Gasteiger partial charge in [0, 0.05) is 13.1 Å². The van der Waals surface area contributed by atoms with Crippen molar-refractivity contribution in [3.05, 3.63) is 0 Å². The molecule has 0 radical (unpaired) electrons. The van der Waals surface area contributed by atoms with Crippen LogP contribution in [0.25, 0.3) is 0 Å². The van der Waals surface area contributed by atoms with Crippen LogP contribution in [-0.2, 0) is 4.79 Å². The van der Waals surface area contributed by atoms with Crippen LogP contribution in [-0.4, -0.2) is 24.6 Å². The normalized spacial score (nSPS) is 9.00. The van der Waals surface area contributed by atoms with Gasteiger partial charge in [-0.3, -0.25) is 4.79 Å². The Bertz CT molecular complexity index is 141. The number of carbonyl (C=O) groups is 1. The van der Waals surface area contributed by atoms with Gasteiger partial charge in [-0.25, -0.2) is 0 Å². The van der Waals surface area contributed by atoms with Gasteiger partial charge in [0.1, 0.15) is 0 Å². The lowest BCUT2D eigenvalue weighted by Crippen LogP contribution is -2.29. The van der Waals surface area contributed by atoms with E-state index >= 15 is 0 Å². The summed E-state index contributed by atoms with van der Waals surface area (Å²) in [6.07, 6.45) is 3.80. The van der Waals surface area contributed by atoms with E-state index in [1.54, 1.807) is 0 Å². The van der Waals surface area contributed by atoms with Gasteiger partial charge < -0.3 is 16.4 Å². The Morgan fingerprint density at radius 3 is 2.58 bits per heavy atom. The number of hydrogen-bond donors (Lipinski definition) is 3. The Morgan fingerprint density at radius 1 is 1.33 bits per heavy atom. The van der Waals surface area contributed by atoms with Gasteiger partial charge in [0.2, 0.25) is 6.41 Å². The first kappa shape index (κ1) is 11.2. The number of hydrogen-bond acceptors (Lipinski definition) is 2. The third-order valence-corrected chi connectivity index (χ3v) is 1.52. The molecule has 0 aliphatic carbocycles. The first-order valence-electron chi connectivity index (χ1n) is 3.97. The lowest BCUT2D eigenvalue weighted by molar-refractivity contribution is -0.109. The van der Waals surface area contributed by atoms with Crippen molar-refractivity contribution in [2.24, 2.45) is 5.73 Å². The van der Waals surface area contributed by atoms with E-state index in [1.807, 2.05) is 0 Å². The standard InChI is InChI=1S/C7H15N3OS/c8-7(12)10-5-3-1-2-4-9-6-11/h6H,1-5H2,(H,9,11)(H3,8,10,12). The van der Waals surface area contributed by atoms with Crippen LogP contribution < -0.4 is 16.4 Å². The molecule has 0 aliphatic rings. The maximum Gasteiger partial charge on any atom is 0.207 e. The maximum absolute atomic E-state index is 9.83. The summed E-state index contributed by atoms with van der Waals surface area (Å²) in [4.78, 5) is 9.83. The van der Waals surface area contributed by atoms with Crippen molar-refractivity contribution in [2.45, 2.75) is 19.3 Å². The van der Waals surface area contributed by atoms with Gasteiger partial charge in [-0.15, -0.1) is 0 Å². The summed E-state index contributed by atoms with van der Waals surface area (Å²) in [5.41, 5.74) is 5.22. The lowest BCUT2D eigenvalue weighted by Gasteiger charge is -2.02. The van der Waals surface area contributed by atoms with Gasteiger partial charge in [-0.05, 0) is 31.5 Å². The summed E-state index contributed by atoms with van der Waals surface area (Å²) in [6.45, 7) is 1.56. The SMILES string of the molecule is NC(=S)NCCCCCNC=O. The first-order chi connectivity index (χ1) is 5.77. The van der Waals surface area contributed by atoms with E-state index in [0.717, 1.165) is 32.4 Å². The van der Waals surface area contributed by atoms with Crippen LogP contribution in [0.5, 0.6) is 0 Å². The molecule has 0 heterocycles. The van der Waals surface area contributed by atoms with Crippen LogP contribution in [0.2, 0.25) is 0 Å². The molecule has 5 heteroatoms. The zero-order valence-corrected chi connectivity index (χ0v) is 7.82. The number of nitrogens with two attached hydrogens (primary N) is 1. The molecule has 0 aromatic rings. The fraction of sp³-hybridized carbons (Fsp3) is 0.714. The van der Waals surface area contributed by atoms with Gasteiger partial charge in [0.05, 0.1) is 0 Å². The van der Waals surface area contributed by atoms with Gasteiger partial charge in [-0.1, -0.05) is 0 Å². The van der Waals surface area contributed by atoms with Crippen LogP contribution in [0.3, 0.4) is 0 Å². The minimum atomic E-state index is 0.348. The molecule has 0 aromatic heterocycles. The molecule has 12 heavy (non-hydrogen) atoms. The highest BCUT2D eigenvalue weighted by Gasteiger charge is 1.89. The maximum atomic E-state index is 9.83. The van der Waals surface area contributed by atoms with E-state index in [2.05, 4.69) is 22.9 Å². The average Bonchev–Trinajstić information content (AvgIpc) is 2.02. The van der Waals surface area contributed by atoms with E-state index in [9.17, 15) is 4.79 Å². The number of amides is 1. The largest absolute Gasteiger partial charge is 0.376 e. The Kier molecular flexibility index (Phi) is 7.68. The minimum absolute atomic E-state index is 0.348. The Balaban J connectivity index is 2.90. The van der Waals surface area contributed by atoms with Gasteiger partial charge in [0.25, 0.3) is 0 Å². The molecule has 1 amide bonds. The second-order valence-corrected chi connectivity index (χ2v) is 2.86. The topological polar surface area (TPSA) is 67.2 Å². The summed E-state index contributed by atoms with van der Waals surface area (Å²) >= 11 is 4.62. The average molecular weight is 189 g/mol.